The first kappa shape index (κ1) is 17.2. The van der Waals surface area contributed by atoms with Crippen LogP contribution in [0.15, 0.2) is 29.4 Å². The molecule has 1 N–H and O–H groups in total. The number of rotatable bonds is 5. The average Bonchev–Trinajstić information content (AvgIpc) is 2.98. The highest BCUT2D eigenvalue weighted by Crippen LogP contribution is 2.31. The highest BCUT2D eigenvalue weighted by atomic mass is 19.4. The van der Waals surface area contributed by atoms with Crippen LogP contribution >= 0.6 is 0 Å². The van der Waals surface area contributed by atoms with E-state index in [0.717, 1.165) is 0 Å². The van der Waals surface area contributed by atoms with Gasteiger partial charge in [0.2, 0.25) is 0 Å². The molecule has 11 heteroatoms. The van der Waals surface area contributed by atoms with Crippen molar-refractivity contribution in [2.45, 2.75) is 12.7 Å². The van der Waals surface area contributed by atoms with Crippen molar-refractivity contribution in [3.63, 3.8) is 0 Å². The molecule has 0 radical (unpaired) electrons. The van der Waals surface area contributed by atoms with Crippen molar-refractivity contribution >= 4 is 5.97 Å². The lowest BCUT2D eigenvalue weighted by molar-refractivity contribution is -0.141. The van der Waals surface area contributed by atoms with Gasteiger partial charge in [-0.15, -0.1) is 0 Å². The van der Waals surface area contributed by atoms with E-state index in [1.54, 1.807) is 0 Å². The molecule has 8 nitrogen and oxygen atoms in total. The molecule has 1 aromatic heterocycles. The molecule has 0 unspecified atom stereocenters. The molecule has 0 aliphatic heterocycles. The standard InChI is InChI=1S/C13H10F3N5O3/c1-24-8-2-3-9(7(4-8)6-18-20-17)21-10(12(22)23)5-11(19-21)13(14,15)16/h2-5H,6H2,1H3,(H,22,23). The SMILES string of the molecule is COc1ccc(-n2nc(C(F)(F)F)cc2C(=O)O)c(CN=[N+]=[N-])c1. The van der Waals surface area contributed by atoms with Gasteiger partial charge in [-0.1, -0.05) is 5.11 Å². The number of hydrogen-bond donors (Lipinski definition) is 1. The lowest BCUT2D eigenvalue weighted by Gasteiger charge is -2.11. The molecule has 0 amide bonds. The van der Waals surface area contributed by atoms with Crippen molar-refractivity contribution in [1.82, 2.24) is 9.78 Å². The molecule has 0 saturated carbocycles. The van der Waals surface area contributed by atoms with Gasteiger partial charge in [0.25, 0.3) is 0 Å². The van der Waals surface area contributed by atoms with Gasteiger partial charge < -0.3 is 9.84 Å². The minimum absolute atomic E-state index is 0.0381. The third kappa shape index (κ3) is 3.41. The Morgan fingerprint density at radius 2 is 2.17 bits per heavy atom. The topological polar surface area (TPSA) is 113 Å². The van der Waals surface area contributed by atoms with Crippen LogP contribution in [0.1, 0.15) is 21.7 Å². The first-order valence-corrected chi connectivity index (χ1v) is 6.36. The maximum absolute atomic E-state index is 12.8. The number of halogens is 3. The van der Waals surface area contributed by atoms with Gasteiger partial charge in [-0.2, -0.15) is 18.3 Å². The molecule has 1 aromatic carbocycles. The van der Waals surface area contributed by atoms with Gasteiger partial charge in [-0.05, 0) is 29.3 Å². The Kier molecular flexibility index (Phi) is 4.65. The second kappa shape index (κ2) is 6.50. The van der Waals surface area contributed by atoms with Gasteiger partial charge in [0.1, 0.15) is 5.75 Å². The number of benzene rings is 1. The quantitative estimate of drug-likeness (QED) is 0.510. The summed E-state index contributed by atoms with van der Waals surface area (Å²) in [7, 11) is 1.38. The molecule has 0 saturated heterocycles. The fourth-order valence-corrected chi connectivity index (χ4v) is 1.99. The second-order valence-corrected chi connectivity index (χ2v) is 4.51. The minimum Gasteiger partial charge on any atom is -0.497 e. The zero-order valence-electron chi connectivity index (χ0n) is 12.2. The van der Waals surface area contributed by atoms with Crippen LogP contribution in [0.3, 0.4) is 0 Å². The van der Waals surface area contributed by atoms with E-state index in [-0.39, 0.29) is 17.8 Å². The number of alkyl halides is 3. The van der Waals surface area contributed by atoms with Crippen molar-refractivity contribution < 1.29 is 27.8 Å². The van der Waals surface area contributed by atoms with Crippen LogP contribution in [-0.2, 0) is 12.7 Å². The van der Waals surface area contributed by atoms with Crippen LogP contribution < -0.4 is 4.74 Å². The smallest absolute Gasteiger partial charge is 0.435 e. The molecule has 2 aromatic rings. The Morgan fingerprint density at radius 1 is 1.46 bits per heavy atom. The molecule has 0 atom stereocenters. The Morgan fingerprint density at radius 3 is 2.71 bits per heavy atom. The first-order chi connectivity index (χ1) is 11.3. The number of carboxylic acid groups (broad SMARTS) is 1. The van der Waals surface area contributed by atoms with Crippen LogP contribution in [0.25, 0.3) is 16.1 Å². The number of methoxy groups -OCH3 is 1. The highest BCUT2D eigenvalue weighted by molar-refractivity contribution is 5.86. The lowest BCUT2D eigenvalue weighted by atomic mass is 10.1. The number of carboxylic acids is 1. The number of azide groups is 1. The van der Waals surface area contributed by atoms with E-state index in [2.05, 4.69) is 15.1 Å². The molecule has 1 heterocycles. The Hall–Kier alpha value is -3.20. The fraction of sp³-hybridized carbons (Fsp3) is 0.231. The van der Waals surface area contributed by atoms with E-state index in [1.807, 2.05) is 0 Å². The summed E-state index contributed by atoms with van der Waals surface area (Å²) in [6.45, 7) is -0.219. The van der Waals surface area contributed by atoms with Crippen molar-refractivity contribution in [3.8, 4) is 11.4 Å². The van der Waals surface area contributed by atoms with E-state index in [9.17, 15) is 18.0 Å². The Bertz CT molecular complexity index is 825. The summed E-state index contributed by atoms with van der Waals surface area (Å²) in [5.74, 6) is -1.22. The molecule has 0 aliphatic rings. The van der Waals surface area contributed by atoms with Crippen molar-refractivity contribution in [1.29, 1.82) is 0 Å². The zero-order valence-corrected chi connectivity index (χ0v) is 12.2. The molecule has 2 rings (SSSR count). The van der Waals surface area contributed by atoms with Gasteiger partial charge in [-0.3, -0.25) is 0 Å². The summed E-state index contributed by atoms with van der Waals surface area (Å²) in [5.41, 5.74) is 6.71. The summed E-state index contributed by atoms with van der Waals surface area (Å²) in [6, 6.07) is 4.62. The maximum atomic E-state index is 12.8. The van der Waals surface area contributed by atoms with Gasteiger partial charge in [0, 0.05) is 11.0 Å². The fourth-order valence-electron chi connectivity index (χ4n) is 1.99. The number of aromatic nitrogens is 2. The summed E-state index contributed by atoms with van der Waals surface area (Å²) >= 11 is 0. The van der Waals surface area contributed by atoms with Crippen LogP contribution in [0.2, 0.25) is 0 Å². The average molecular weight is 341 g/mol. The summed E-state index contributed by atoms with van der Waals surface area (Å²) in [6.07, 6.45) is -4.80. The van der Waals surface area contributed by atoms with Crippen molar-refractivity contribution in [3.05, 3.63) is 51.7 Å². The lowest BCUT2D eigenvalue weighted by Crippen LogP contribution is -2.11. The molecular weight excluding hydrogens is 331 g/mol. The third-order valence-corrected chi connectivity index (χ3v) is 3.04. The second-order valence-electron chi connectivity index (χ2n) is 4.51. The first-order valence-electron chi connectivity index (χ1n) is 6.36. The molecule has 126 valence electrons. The van der Waals surface area contributed by atoms with E-state index < -0.39 is 23.5 Å². The van der Waals surface area contributed by atoms with Gasteiger partial charge >= 0.3 is 12.1 Å². The van der Waals surface area contributed by atoms with Gasteiger partial charge in [0.15, 0.2) is 11.4 Å². The monoisotopic (exact) mass is 341 g/mol. The van der Waals surface area contributed by atoms with E-state index >= 15 is 0 Å². The van der Waals surface area contributed by atoms with Gasteiger partial charge in [-0.25, -0.2) is 9.48 Å². The molecular formula is C13H10F3N5O3. The van der Waals surface area contributed by atoms with Crippen molar-refractivity contribution in [2.75, 3.05) is 7.11 Å². The molecule has 24 heavy (non-hydrogen) atoms. The Labute approximate surface area is 132 Å². The summed E-state index contributed by atoms with van der Waals surface area (Å²) < 4.78 is 44.1. The number of nitrogens with zero attached hydrogens (tertiary/aromatic N) is 5. The highest BCUT2D eigenvalue weighted by Gasteiger charge is 2.36. The van der Waals surface area contributed by atoms with Crippen LogP contribution in [0, 0.1) is 0 Å². The maximum Gasteiger partial charge on any atom is 0.435 e. The van der Waals surface area contributed by atoms with E-state index in [4.69, 9.17) is 15.4 Å². The van der Waals surface area contributed by atoms with E-state index in [1.165, 1.54) is 25.3 Å². The summed E-state index contributed by atoms with van der Waals surface area (Å²) in [4.78, 5) is 13.8. The molecule has 0 fully saturated rings. The number of hydrogen-bond acceptors (Lipinski definition) is 4. The molecule has 0 bridgehead atoms. The predicted molar refractivity (Wildman–Crippen MR) is 74.9 cm³/mol. The largest absolute Gasteiger partial charge is 0.497 e. The third-order valence-electron chi connectivity index (χ3n) is 3.04. The number of carbonyl (C=O) groups is 1. The van der Waals surface area contributed by atoms with E-state index in [0.29, 0.717) is 16.5 Å². The van der Waals surface area contributed by atoms with Crippen LogP contribution in [0.4, 0.5) is 13.2 Å². The normalized spacial score (nSPS) is 11.0. The predicted octanol–water partition coefficient (Wildman–Crippen LogP) is 3.41. The summed E-state index contributed by atoms with van der Waals surface area (Å²) in [5, 5.41) is 15.8. The van der Waals surface area contributed by atoms with Crippen LogP contribution in [0.5, 0.6) is 5.75 Å². The molecule has 0 spiro atoms. The molecule has 0 aliphatic carbocycles. The minimum atomic E-state index is -4.80. The number of ether oxygens (including phenoxy) is 1. The Balaban J connectivity index is 2.68. The van der Waals surface area contributed by atoms with Crippen molar-refractivity contribution in [2.24, 2.45) is 5.11 Å². The zero-order chi connectivity index (χ0) is 17.9. The van der Waals surface area contributed by atoms with Crippen LogP contribution in [-0.4, -0.2) is 28.0 Å². The van der Waals surface area contributed by atoms with Gasteiger partial charge in [0.05, 0.1) is 19.3 Å². The number of aromatic carboxylic acids is 1.